The molecule has 4 N–H and O–H groups in total. The number of aromatic hydroxyl groups is 4. The van der Waals surface area contributed by atoms with E-state index in [1.54, 1.807) is 6.07 Å². The van der Waals surface area contributed by atoms with E-state index in [0.29, 0.717) is 45.3 Å². The number of hydrogen-bond acceptors (Lipinski definition) is 8. The van der Waals surface area contributed by atoms with Crippen LogP contribution in [0.25, 0.3) is 0 Å². The maximum Gasteiger partial charge on any atom is 0.127 e. The first kappa shape index (κ1) is 55.4. The van der Waals surface area contributed by atoms with Gasteiger partial charge >= 0.3 is 0 Å². The van der Waals surface area contributed by atoms with Gasteiger partial charge in [-0.3, -0.25) is 0 Å². The fourth-order valence-electron chi connectivity index (χ4n) is 14.8. The molecule has 4 saturated carbocycles. The Morgan fingerprint density at radius 3 is 0.631 bits per heavy atom. The highest BCUT2D eigenvalue weighted by atomic mass is 16.5. The molecule has 4 atom stereocenters. The zero-order chi connectivity index (χ0) is 56.9. The van der Waals surface area contributed by atoms with Gasteiger partial charge in [-0.1, -0.05) is 147 Å². The molecule has 0 radical (unpaired) electrons. The van der Waals surface area contributed by atoms with Crippen LogP contribution in [0, 0.1) is 0 Å². The van der Waals surface area contributed by atoms with Gasteiger partial charge in [-0.25, -0.2) is 0 Å². The standard InChI is InChI=1S/C76H80O8/c77-65-45-69(81-53-33-17-5-18-34-53)61-41-57(65)73(49-25-9-1-10-26-49)58-42-63(71(46-66(58)78)83-55-37-21-7-22-38-55)76(52-31-15-4-16-32-52)64-44-60(68(80)48-72(64)84-56-39-23-8-24-40-56)75(51-29-13-3-14-30-51)62-43-59(74(61)50-27-11-2-12-28-50)67(79)47-70(62)82-54-35-19-6-20-36-54/h1-4,9-16,25-32,41-48,53-56,73-80H,5-8,17-24,33-40H2. The van der Waals surface area contributed by atoms with Crippen molar-refractivity contribution < 1.29 is 39.4 Å². The van der Waals surface area contributed by atoms with E-state index in [9.17, 15) is 20.4 Å². The van der Waals surface area contributed by atoms with Gasteiger partial charge in [0.15, 0.2) is 0 Å². The number of rotatable bonds is 12. The van der Waals surface area contributed by atoms with Gasteiger partial charge in [0, 0.05) is 92.4 Å². The number of phenolic OH excluding ortho intramolecular Hbond substituents is 4. The summed E-state index contributed by atoms with van der Waals surface area (Å²) in [4.78, 5) is 0. The quantitative estimate of drug-likeness (QED) is 0.0956. The zero-order valence-electron chi connectivity index (χ0n) is 48.3. The average Bonchev–Trinajstić information content (AvgIpc) is 3.31. The smallest absolute Gasteiger partial charge is 0.127 e. The van der Waals surface area contributed by atoms with Gasteiger partial charge in [0.1, 0.15) is 46.0 Å². The Hall–Kier alpha value is -7.84. The van der Waals surface area contributed by atoms with Crippen molar-refractivity contribution in [2.45, 2.75) is 177 Å². The van der Waals surface area contributed by atoms with Crippen LogP contribution in [0.3, 0.4) is 0 Å². The van der Waals surface area contributed by atoms with Crippen molar-refractivity contribution in [2.75, 3.05) is 0 Å². The van der Waals surface area contributed by atoms with E-state index in [1.807, 2.05) is 66.7 Å². The van der Waals surface area contributed by atoms with Crippen molar-refractivity contribution in [2.24, 2.45) is 0 Å². The maximum absolute atomic E-state index is 13.2. The summed E-state index contributed by atoms with van der Waals surface area (Å²) in [5.41, 5.74) is 9.38. The Bertz CT molecular complexity index is 3500. The number of ether oxygens (including phenoxy) is 4. The first-order valence-corrected chi connectivity index (χ1v) is 31.6. The van der Waals surface area contributed by atoms with Crippen LogP contribution < -0.4 is 18.9 Å². The lowest BCUT2D eigenvalue weighted by Gasteiger charge is -2.33. The van der Waals surface area contributed by atoms with Crippen LogP contribution >= 0.6 is 0 Å². The minimum Gasteiger partial charge on any atom is -0.507 e. The molecule has 8 bridgehead atoms. The highest BCUT2D eigenvalue weighted by Gasteiger charge is 2.38. The second kappa shape index (κ2) is 25.2. The molecule has 5 aliphatic carbocycles. The normalized spacial score (nSPS) is 20.9. The third-order valence-corrected chi connectivity index (χ3v) is 19.0. The minimum absolute atomic E-state index is 0.0334. The number of phenols is 4. The third-order valence-electron chi connectivity index (χ3n) is 19.0. The molecular formula is C76H80O8. The van der Waals surface area contributed by atoms with Gasteiger partial charge in [-0.15, -0.1) is 0 Å². The lowest BCUT2D eigenvalue weighted by Crippen LogP contribution is -2.23. The molecule has 84 heavy (non-hydrogen) atoms. The molecule has 432 valence electrons. The molecule has 0 amide bonds. The topological polar surface area (TPSA) is 118 Å². The molecule has 0 heterocycles. The van der Waals surface area contributed by atoms with Gasteiger partial charge in [0.05, 0.1) is 24.4 Å². The molecule has 4 fully saturated rings. The highest BCUT2D eigenvalue weighted by Crippen LogP contribution is 2.55. The molecule has 13 rings (SSSR count). The minimum atomic E-state index is -0.719. The van der Waals surface area contributed by atoms with E-state index in [2.05, 4.69) is 97.1 Å². The van der Waals surface area contributed by atoms with Gasteiger partial charge < -0.3 is 39.4 Å². The maximum atomic E-state index is 13.2. The monoisotopic (exact) mass is 1120 g/mol. The fourth-order valence-corrected chi connectivity index (χ4v) is 14.8. The van der Waals surface area contributed by atoms with Crippen LogP contribution in [0.2, 0.25) is 0 Å². The first-order chi connectivity index (χ1) is 41.3. The second-order valence-corrected chi connectivity index (χ2v) is 24.7. The van der Waals surface area contributed by atoms with Crippen molar-refractivity contribution in [3.8, 4) is 46.0 Å². The lowest BCUT2D eigenvalue weighted by molar-refractivity contribution is 0.151. The van der Waals surface area contributed by atoms with Crippen LogP contribution in [-0.4, -0.2) is 44.8 Å². The summed E-state index contributed by atoms with van der Waals surface area (Å²) in [6.45, 7) is 0. The van der Waals surface area contributed by atoms with Crippen LogP contribution in [0.4, 0.5) is 0 Å². The fraction of sp³-hybridized carbons (Fsp3) is 0.368. The Labute approximate surface area is 496 Å². The van der Waals surface area contributed by atoms with Crippen molar-refractivity contribution >= 4 is 0 Å². The Morgan fingerprint density at radius 1 is 0.226 bits per heavy atom. The summed E-state index contributed by atoms with van der Waals surface area (Å²) in [6, 6.07) is 57.2. The Kier molecular flexibility index (Phi) is 16.6. The van der Waals surface area contributed by atoms with Crippen LogP contribution in [0.5, 0.6) is 46.0 Å². The summed E-state index contributed by atoms with van der Waals surface area (Å²) in [7, 11) is 0. The van der Waals surface area contributed by atoms with Crippen molar-refractivity contribution in [3.05, 3.63) is 237 Å². The summed E-state index contributed by atoms with van der Waals surface area (Å²) < 4.78 is 29.1. The van der Waals surface area contributed by atoms with Gasteiger partial charge in [0.2, 0.25) is 0 Å². The molecule has 8 aromatic carbocycles. The molecular weight excluding hydrogens is 1040 g/mol. The van der Waals surface area contributed by atoms with Crippen LogP contribution in [0.15, 0.2) is 170 Å². The second-order valence-electron chi connectivity index (χ2n) is 24.7. The Balaban J connectivity index is 1.18. The SMILES string of the molecule is Oc1cc(OC2CCCCC2)c2cc1C(c1ccccc1)c1cc(c(OC3CCCCC3)cc1O)C(c1ccccc1)c1cc(c(O)cc1OC1CCCCC1)C(c1ccccc1)c1cc(c(O)cc1OC1CCCCC1)C2c1ccccc1. The highest BCUT2D eigenvalue weighted by molar-refractivity contribution is 5.68. The molecule has 8 heteroatoms. The molecule has 0 aliphatic heterocycles. The summed E-state index contributed by atoms with van der Waals surface area (Å²) >= 11 is 0. The van der Waals surface area contributed by atoms with E-state index in [1.165, 1.54) is 0 Å². The van der Waals surface area contributed by atoms with Crippen molar-refractivity contribution in [3.63, 3.8) is 0 Å². The summed E-state index contributed by atoms with van der Waals surface area (Å²) in [6.07, 6.45) is 19.9. The van der Waals surface area contributed by atoms with E-state index in [-0.39, 0.29) is 47.4 Å². The average molecular weight is 1120 g/mol. The van der Waals surface area contributed by atoms with Crippen LogP contribution in [-0.2, 0) is 0 Å². The van der Waals surface area contributed by atoms with Crippen LogP contribution in [0.1, 0.15) is 219 Å². The summed E-state index contributed by atoms with van der Waals surface area (Å²) in [5, 5.41) is 52.5. The Morgan fingerprint density at radius 2 is 0.417 bits per heavy atom. The van der Waals surface area contributed by atoms with Crippen molar-refractivity contribution in [1.82, 2.24) is 0 Å². The van der Waals surface area contributed by atoms with Gasteiger partial charge in [-0.05, 0) is 149 Å². The van der Waals surface area contributed by atoms with E-state index in [0.717, 1.165) is 173 Å². The van der Waals surface area contributed by atoms with Gasteiger partial charge in [0.25, 0.3) is 0 Å². The van der Waals surface area contributed by atoms with Gasteiger partial charge in [-0.2, -0.15) is 0 Å². The molecule has 0 spiro atoms. The largest absolute Gasteiger partial charge is 0.507 e. The van der Waals surface area contributed by atoms with E-state index < -0.39 is 23.7 Å². The number of hydrogen-bond donors (Lipinski definition) is 4. The van der Waals surface area contributed by atoms with E-state index >= 15 is 0 Å². The third kappa shape index (κ3) is 11.7. The lowest BCUT2D eigenvalue weighted by atomic mass is 9.75. The molecule has 4 unspecified atom stereocenters. The van der Waals surface area contributed by atoms with E-state index in [4.69, 9.17) is 18.9 Å². The zero-order valence-corrected chi connectivity index (χ0v) is 48.3. The molecule has 0 aromatic heterocycles. The molecule has 8 nitrogen and oxygen atoms in total. The number of fused-ring (bicyclic) bond motifs is 8. The molecule has 8 aromatic rings. The van der Waals surface area contributed by atoms with Crippen molar-refractivity contribution in [1.29, 1.82) is 0 Å². The molecule has 0 saturated heterocycles. The molecule has 5 aliphatic rings. The number of benzene rings is 8. The predicted molar refractivity (Wildman–Crippen MR) is 332 cm³/mol. The first-order valence-electron chi connectivity index (χ1n) is 31.6. The predicted octanol–water partition coefficient (Wildman–Crippen LogP) is 18.4. The summed E-state index contributed by atoms with van der Waals surface area (Å²) in [5.74, 6) is -0.0648.